The summed E-state index contributed by atoms with van der Waals surface area (Å²) >= 11 is 0. The van der Waals surface area contributed by atoms with Gasteiger partial charge in [0.2, 0.25) is 0 Å². The van der Waals surface area contributed by atoms with E-state index in [1.807, 2.05) is 0 Å². The summed E-state index contributed by atoms with van der Waals surface area (Å²) in [6.07, 6.45) is 0.839. The lowest BCUT2D eigenvalue weighted by molar-refractivity contribution is -0.250. The molecular formula is C6H4O5S. The molecule has 5 nitrogen and oxygen atoms in total. The highest BCUT2D eigenvalue weighted by Gasteiger charge is 2.30. The van der Waals surface area contributed by atoms with Crippen LogP contribution in [0.15, 0.2) is 23.0 Å². The van der Waals surface area contributed by atoms with Crippen LogP contribution < -0.4 is 0 Å². The maximum atomic E-state index is 10.6. The summed E-state index contributed by atoms with van der Waals surface area (Å²) in [4.78, 5) is 28.9. The van der Waals surface area contributed by atoms with Crippen LogP contribution in [0.25, 0.3) is 0 Å². The van der Waals surface area contributed by atoms with E-state index in [4.69, 9.17) is 0 Å². The van der Waals surface area contributed by atoms with E-state index in [9.17, 15) is 13.8 Å². The zero-order chi connectivity index (χ0) is 9.14. The number of rotatable bonds is 2. The van der Waals surface area contributed by atoms with Gasteiger partial charge in [-0.25, -0.2) is 23.6 Å². The fraction of sp³-hybridized carbons (Fsp3) is 0. The lowest BCUT2D eigenvalue weighted by Gasteiger charge is -1.95. The second-order valence-electron chi connectivity index (χ2n) is 1.76. The molecule has 0 aromatic carbocycles. The van der Waals surface area contributed by atoms with E-state index in [0.29, 0.717) is 0 Å². The van der Waals surface area contributed by atoms with E-state index in [1.54, 1.807) is 0 Å². The Kier molecular flexibility index (Phi) is 2.39. The van der Waals surface area contributed by atoms with Crippen molar-refractivity contribution in [1.82, 2.24) is 0 Å². The number of carbonyl (C=O) groups is 2. The molecule has 64 valence electrons. The first-order chi connectivity index (χ1) is 5.65. The highest BCUT2D eigenvalue weighted by molar-refractivity contribution is 7.99. The zero-order valence-electron chi connectivity index (χ0n) is 5.81. The van der Waals surface area contributed by atoms with Crippen LogP contribution in [0.5, 0.6) is 0 Å². The summed E-state index contributed by atoms with van der Waals surface area (Å²) in [6, 6.07) is 0. The fourth-order valence-electron chi connectivity index (χ4n) is 0.357. The summed E-state index contributed by atoms with van der Waals surface area (Å²) in [6.45, 7) is 3.07. The van der Waals surface area contributed by atoms with Crippen molar-refractivity contribution in [2.24, 2.45) is 0 Å². The minimum Gasteiger partial charge on any atom is -0.249 e. The predicted octanol–water partition coefficient (Wildman–Crippen LogP) is -0.223. The van der Waals surface area contributed by atoms with Crippen LogP contribution in [0.1, 0.15) is 0 Å². The van der Waals surface area contributed by atoms with E-state index in [0.717, 1.165) is 6.08 Å². The Morgan fingerprint density at radius 3 is 2.50 bits per heavy atom. The smallest absolute Gasteiger partial charge is 0.249 e. The second-order valence-corrected chi connectivity index (χ2v) is 3.03. The minimum absolute atomic E-state index is 0.00635. The van der Waals surface area contributed by atoms with Gasteiger partial charge in [0.25, 0.3) is 0 Å². The van der Waals surface area contributed by atoms with Gasteiger partial charge >= 0.3 is 11.9 Å². The SMILES string of the molecule is C=CC(=O)OOC(=O)C1=CS1=O. The third-order valence-electron chi connectivity index (χ3n) is 0.941. The van der Waals surface area contributed by atoms with Crippen molar-refractivity contribution in [3.05, 3.63) is 23.0 Å². The van der Waals surface area contributed by atoms with Crippen molar-refractivity contribution in [1.29, 1.82) is 0 Å². The first-order valence-corrected chi connectivity index (χ1v) is 4.04. The van der Waals surface area contributed by atoms with Crippen LogP contribution >= 0.6 is 0 Å². The van der Waals surface area contributed by atoms with Gasteiger partial charge in [-0.1, -0.05) is 6.58 Å². The standard InChI is InChI=1S/C6H4O5S/c1-2-5(7)10-11-6(8)4-3-12(4)9/h2-3H,1H2. The van der Waals surface area contributed by atoms with Crippen molar-refractivity contribution in [2.75, 3.05) is 0 Å². The molecule has 0 radical (unpaired) electrons. The second kappa shape index (κ2) is 3.31. The van der Waals surface area contributed by atoms with Crippen molar-refractivity contribution < 1.29 is 23.6 Å². The molecule has 1 unspecified atom stereocenters. The molecule has 0 aliphatic carbocycles. The first kappa shape index (κ1) is 8.66. The number of carbonyl (C=O) groups excluding carboxylic acids is 2. The maximum Gasteiger partial charge on any atom is 0.396 e. The van der Waals surface area contributed by atoms with Crippen LogP contribution in [-0.4, -0.2) is 16.1 Å². The van der Waals surface area contributed by atoms with Gasteiger partial charge in [-0.3, -0.25) is 0 Å². The highest BCUT2D eigenvalue weighted by Crippen LogP contribution is 2.20. The van der Waals surface area contributed by atoms with Crippen molar-refractivity contribution in [3.63, 3.8) is 0 Å². The van der Waals surface area contributed by atoms with Gasteiger partial charge in [-0.15, -0.1) is 0 Å². The van der Waals surface area contributed by atoms with Gasteiger partial charge in [0.1, 0.15) is 4.91 Å². The molecule has 0 N–H and O–H groups in total. The van der Waals surface area contributed by atoms with Gasteiger partial charge < -0.3 is 0 Å². The summed E-state index contributed by atoms with van der Waals surface area (Å²) < 4.78 is 10.4. The van der Waals surface area contributed by atoms with Crippen LogP contribution in [0.4, 0.5) is 0 Å². The van der Waals surface area contributed by atoms with Gasteiger partial charge in [0.15, 0.2) is 0 Å². The maximum absolute atomic E-state index is 10.6. The van der Waals surface area contributed by atoms with Crippen molar-refractivity contribution in [2.45, 2.75) is 0 Å². The molecule has 1 aliphatic rings. The molecule has 6 heteroatoms. The van der Waals surface area contributed by atoms with Gasteiger partial charge in [0.05, 0.1) is 10.8 Å². The fourth-order valence-corrected chi connectivity index (χ4v) is 0.916. The molecule has 0 saturated heterocycles. The summed E-state index contributed by atoms with van der Waals surface area (Å²) in [5, 5.41) is 1.18. The Morgan fingerprint density at radius 2 is 2.08 bits per heavy atom. The predicted molar refractivity (Wildman–Crippen MR) is 38.6 cm³/mol. The largest absolute Gasteiger partial charge is 0.396 e. The van der Waals surface area contributed by atoms with Gasteiger partial charge in [-0.2, -0.15) is 0 Å². The van der Waals surface area contributed by atoms with E-state index < -0.39 is 22.7 Å². The molecule has 0 aromatic rings. The molecular weight excluding hydrogens is 184 g/mol. The summed E-state index contributed by atoms with van der Waals surface area (Å²) in [5.74, 6) is -1.79. The summed E-state index contributed by atoms with van der Waals surface area (Å²) in [7, 11) is -1.35. The van der Waals surface area contributed by atoms with Crippen LogP contribution in [0, 0.1) is 0 Å². The molecule has 0 aromatic heterocycles. The lowest BCUT2D eigenvalue weighted by atomic mass is 10.7. The highest BCUT2D eigenvalue weighted by atomic mass is 32.2. The van der Waals surface area contributed by atoms with Crippen LogP contribution in [0.2, 0.25) is 0 Å². The third kappa shape index (κ3) is 2.03. The van der Waals surface area contributed by atoms with Crippen molar-refractivity contribution in [3.8, 4) is 0 Å². The molecule has 1 atom stereocenters. The molecule has 0 amide bonds. The topological polar surface area (TPSA) is 69.7 Å². The average molecular weight is 188 g/mol. The molecule has 12 heavy (non-hydrogen) atoms. The van der Waals surface area contributed by atoms with E-state index in [-0.39, 0.29) is 4.91 Å². The zero-order valence-corrected chi connectivity index (χ0v) is 6.63. The van der Waals surface area contributed by atoms with Gasteiger partial charge in [0, 0.05) is 11.5 Å². The monoisotopic (exact) mass is 188 g/mol. The number of hydrogen-bond acceptors (Lipinski definition) is 5. The Labute approximate surface area is 70.0 Å². The van der Waals surface area contributed by atoms with E-state index >= 15 is 0 Å². The Hall–Kier alpha value is -1.43. The molecule has 0 fully saturated rings. The molecule has 0 bridgehead atoms. The van der Waals surface area contributed by atoms with E-state index in [1.165, 1.54) is 5.41 Å². The Balaban J connectivity index is 2.28. The molecule has 1 rings (SSSR count). The lowest BCUT2D eigenvalue weighted by Crippen LogP contribution is -2.08. The quantitative estimate of drug-likeness (QED) is 0.340. The Morgan fingerprint density at radius 1 is 1.50 bits per heavy atom. The average Bonchev–Trinajstić information content (AvgIpc) is 2.77. The Bertz CT molecular complexity index is 303. The molecule has 1 aliphatic heterocycles. The van der Waals surface area contributed by atoms with E-state index in [2.05, 4.69) is 16.4 Å². The minimum atomic E-state index is -1.35. The van der Waals surface area contributed by atoms with Crippen molar-refractivity contribution >= 4 is 22.7 Å². The molecule has 0 saturated carbocycles. The van der Waals surface area contributed by atoms with Crippen LogP contribution in [-0.2, 0) is 30.2 Å². The normalized spacial score (nSPS) is 19.0. The van der Waals surface area contributed by atoms with Gasteiger partial charge in [-0.05, 0) is 0 Å². The third-order valence-corrected chi connectivity index (χ3v) is 1.85. The molecule has 1 heterocycles. The summed E-state index contributed by atoms with van der Waals surface area (Å²) in [5.41, 5.74) is 0. The molecule has 0 spiro atoms. The number of hydrogen-bond donors (Lipinski definition) is 0. The first-order valence-electron chi connectivity index (χ1n) is 2.83. The van der Waals surface area contributed by atoms with Crippen LogP contribution in [0.3, 0.4) is 0 Å².